The highest BCUT2D eigenvalue weighted by Gasteiger charge is 2.24. The smallest absolute Gasteiger partial charge is 0.162 e. The second-order valence-corrected chi connectivity index (χ2v) is 6.64. The van der Waals surface area contributed by atoms with E-state index in [2.05, 4.69) is 28.9 Å². The predicted molar refractivity (Wildman–Crippen MR) is 82.1 cm³/mol. The number of hydrogen-bond acceptors (Lipinski definition) is 4. The lowest BCUT2D eigenvalue weighted by Crippen LogP contribution is -2.26. The number of halogens is 1. The molecule has 2 atom stereocenters. The molecule has 2 aromatic heterocycles. The Morgan fingerprint density at radius 2 is 1.95 bits per heavy atom. The molecule has 0 amide bonds. The lowest BCUT2D eigenvalue weighted by molar-refractivity contribution is -0.0118. The Kier molecular flexibility index (Phi) is 4.13. The van der Waals surface area contributed by atoms with Crippen LogP contribution in [0, 0.1) is 11.8 Å². The van der Waals surface area contributed by atoms with Gasteiger partial charge in [0.15, 0.2) is 11.5 Å². The summed E-state index contributed by atoms with van der Waals surface area (Å²) in [4.78, 5) is 8.81. The highest BCUT2D eigenvalue weighted by Crippen LogP contribution is 2.30. The summed E-state index contributed by atoms with van der Waals surface area (Å²) >= 11 is 6.18. The van der Waals surface area contributed by atoms with Crippen LogP contribution >= 0.6 is 11.6 Å². The van der Waals surface area contributed by atoms with Crippen molar-refractivity contribution in [2.45, 2.75) is 45.8 Å². The third kappa shape index (κ3) is 3.19. The molecule has 1 aliphatic carbocycles. The molecule has 2 heterocycles. The fourth-order valence-electron chi connectivity index (χ4n) is 3.30. The van der Waals surface area contributed by atoms with Crippen molar-refractivity contribution in [2.24, 2.45) is 18.9 Å². The van der Waals surface area contributed by atoms with Crippen LogP contribution in [0.3, 0.4) is 0 Å². The van der Waals surface area contributed by atoms with E-state index in [0.29, 0.717) is 23.7 Å². The normalized spacial score (nSPS) is 26.4. The molecule has 1 fully saturated rings. The molecule has 3 rings (SSSR count). The highest BCUT2D eigenvalue weighted by molar-refractivity contribution is 6.33. The first-order chi connectivity index (χ1) is 10.0. The van der Waals surface area contributed by atoms with Gasteiger partial charge < -0.3 is 4.74 Å². The SMILES string of the molecule is CC1CC(C)CC(OCc2nc(Cl)c3cnn(C)c3n2)C1. The third-order valence-electron chi connectivity index (χ3n) is 4.18. The average Bonchev–Trinajstić information content (AvgIpc) is 2.78. The van der Waals surface area contributed by atoms with Gasteiger partial charge in [-0.3, -0.25) is 4.68 Å². The molecule has 0 bridgehead atoms. The molecule has 0 N–H and O–H groups in total. The van der Waals surface area contributed by atoms with Gasteiger partial charge in [0.1, 0.15) is 11.8 Å². The van der Waals surface area contributed by atoms with Crippen molar-refractivity contribution in [1.82, 2.24) is 19.7 Å². The zero-order valence-electron chi connectivity index (χ0n) is 12.7. The summed E-state index contributed by atoms with van der Waals surface area (Å²) in [5.41, 5.74) is 0.749. The summed E-state index contributed by atoms with van der Waals surface area (Å²) < 4.78 is 7.72. The van der Waals surface area contributed by atoms with E-state index in [1.807, 2.05) is 7.05 Å². The fourth-order valence-corrected chi connectivity index (χ4v) is 3.53. The molecule has 2 unspecified atom stereocenters. The van der Waals surface area contributed by atoms with E-state index in [1.165, 1.54) is 6.42 Å². The Morgan fingerprint density at radius 3 is 2.67 bits per heavy atom. The molecular formula is C15H21ClN4O. The van der Waals surface area contributed by atoms with Crippen molar-refractivity contribution in [2.75, 3.05) is 0 Å². The van der Waals surface area contributed by atoms with Gasteiger partial charge in [0.05, 0.1) is 17.7 Å². The second-order valence-electron chi connectivity index (χ2n) is 6.29. The first kappa shape index (κ1) is 14.7. The number of fused-ring (bicyclic) bond motifs is 1. The van der Waals surface area contributed by atoms with Gasteiger partial charge in [-0.15, -0.1) is 0 Å². The average molecular weight is 309 g/mol. The van der Waals surface area contributed by atoms with E-state index in [9.17, 15) is 0 Å². The van der Waals surface area contributed by atoms with Gasteiger partial charge in [0.2, 0.25) is 0 Å². The van der Waals surface area contributed by atoms with Crippen LogP contribution in [0.5, 0.6) is 0 Å². The molecule has 6 heteroatoms. The molecule has 114 valence electrons. The van der Waals surface area contributed by atoms with Crippen LogP contribution < -0.4 is 0 Å². The molecule has 21 heavy (non-hydrogen) atoms. The van der Waals surface area contributed by atoms with Crippen LogP contribution in [0.4, 0.5) is 0 Å². The lowest BCUT2D eigenvalue weighted by atomic mass is 9.82. The van der Waals surface area contributed by atoms with Crippen LogP contribution in [0.2, 0.25) is 5.15 Å². The molecule has 0 spiro atoms. The van der Waals surface area contributed by atoms with E-state index >= 15 is 0 Å². The molecule has 1 aliphatic rings. The number of rotatable bonds is 3. The van der Waals surface area contributed by atoms with Crippen LogP contribution in [-0.4, -0.2) is 25.9 Å². The van der Waals surface area contributed by atoms with Gasteiger partial charge >= 0.3 is 0 Å². The van der Waals surface area contributed by atoms with Crippen molar-refractivity contribution in [3.8, 4) is 0 Å². The minimum absolute atomic E-state index is 0.299. The Hall–Kier alpha value is -1.20. The number of hydrogen-bond donors (Lipinski definition) is 0. The Labute approximate surface area is 129 Å². The minimum atomic E-state index is 0.299. The highest BCUT2D eigenvalue weighted by atomic mass is 35.5. The monoisotopic (exact) mass is 308 g/mol. The van der Waals surface area contributed by atoms with Gasteiger partial charge in [-0.05, 0) is 31.1 Å². The Bertz CT molecular complexity index is 632. The molecule has 1 saturated carbocycles. The Balaban J connectivity index is 1.71. The fraction of sp³-hybridized carbons (Fsp3) is 0.667. The molecular weight excluding hydrogens is 288 g/mol. The Morgan fingerprint density at radius 1 is 1.24 bits per heavy atom. The summed E-state index contributed by atoms with van der Waals surface area (Å²) in [5, 5.41) is 5.38. The van der Waals surface area contributed by atoms with Crippen molar-refractivity contribution >= 4 is 22.6 Å². The van der Waals surface area contributed by atoms with Crippen LogP contribution in [0.25, 0.3) is 11.0 Å². The summed E-state index contributed by atoms with van der Waals surface area (Å²) in [6.07, 6.45) is 5.52. The molecule has 5 nitrogen and oxygen atoms in total. The minimum Gasteiger partial charge on any atom is -0.370 e. The zero-order chi connectivity index (χ0) is 15.0. The molecule has 0 saturated heterocycles. The zero-order valence-corrected chi connectivity index (χ0v) is 13.5. The van der Waals surface area contributed by atoms with Crippen molar-refractivity contribution in [1.29, 1.82) is 0 Å². The number of ether oxygens (including phenoxy) is 1. The summed E-state index contributed by atoms with van der Waals surface area (Å²) in [6.45, 7) is 4.99. The van der Waals surface area contributed by atoms with Gasteiger partial charge in [0.25, 0.3) is 0 Å². The second kappa shape index (κ2) is 5.89. The van der Waals surface area contributed by atoms with E-state index in [0.717, 1.165) is 35.7 Å². The lowest BCUT2D eigenvalue weighted by Gasteiger charge is -2.31. The number of aromatic nitrogens is 4. The van der Waals surface area contributed by atoms with Crippen molar-refractivity contribution in [3.63, 3.8) is 0 Å². The van der Waals surface area contributed by atoms with E-state index < -0.39 is 0 Å². The first-order valence-electron chi connectivity index (χ1n) is 7.48. The van der Waals surface area contributed by atoms with Crippen LogP contribution in [0.1, 0.15) is 38.9 Å². The van der Waals surface area contributed by atoms with Crippen molar-refractivity contribution < 1.29 is 4.74 Å². The van der Waals surface area contributed by atoms with Gasteiger partial charge in [0, 0.05) is 7.05 Å². The largest absolute Gasteiger partial charge is 0.370 e. The topological polar surface area (TPSA) is 52.8 Å². The maximum atomic E-state index is 6.18. The maximum Gasteiger partial charge on any atom is 0.162 e. The molecule has 0 aromatic carbocycles. The predicted octanol–water partition coefficient (Wildman–Crippen LogP) is 3.36. The first-order valence-corrected chi connectivity index (χ1v) is 7.86. The summed E-state index contributed by atoms with van der Waals surface area (Å²) in [7, 11) is 1.85. The number of aryl methyl sites for hydroxylation is 1. The quantitative estimate of drug-likeness (QED) is 0.816. The number of nitrogens with zero attached hydrogens (tertiary/aromatic N) is 4. The van der Waals surface area contributed by atoms with Gasteiger partial charge in [-0.2, -0.15) is 5.10 Å². The van der Waals surface area contributed by atoms with Crippen LogP contribution in [-0.2, 0) is 18.4 Å². The van der Waals surface area contributed by atoms with E-state index in [1.54, 1.807) is 10.9 Å². The van der Waals surface area contributed by atoms with Gasteiger partial charge in [-0.1, -0.05) is 25.4 Å². The molecule has 0 aliphatic heterocycles. The third-order valence-corrected chi connectivity index (χ3v) is 4.46. The van der Waals surface area contributed by atoms with E-state index in [4.69, 9.17) is 16.3 Å². The summed E-state index contributed by atoms with van der Waals surface area (Å²) in [5.74, 6) is 2.08. The maximum absolute atomic E-state index is 6.18. The van der Waals surface area contributed by atoms with Crippen molar-refractivity contribution in [3.05, 3.63) is 17.2 Å². The van der Waals surface area contributed by atoms with Gasteiger partial charge in [-0.25, -0.2) is 9.97 Å². The van der Waals surface area contributed by atoms with Crippen LogP contribution in [0.15, 0.2) is 6.20 Å². The summed E-state index contributed by atoms with van der Waals surface area (Å²) in [6, 6.07) is 0. The van der Waals surface area contributed by atoms with E-state index in [-0.39, 0.29) is 0 Å². The molecule has 2 aromatic rings. The standard InChI is InChI=1S/C15H21ClN4O/c1-9-4-10(2)6-11(5-9)21-8-13-18-14(16)12-7-17-20(3)15(12)19-13/h7,9-11H,4-6,8H2,1-3H3. The molecule has 0 radical (unpaired) electrons.